The highest BCUT2D eigenvalue weighted by Gasteiger charge is 2.17. The van der Waals surface area contributed by atoms with E-state index in [0.29, 0.717) is 0 Å². The summed E-state index contributed by atoms with van der Waals surface area (Å²) in [5, 5.41) is 0. The third-order valence-electron chi connectivity index (χ3n) is 5.29. The van der Waals surface area contributed by atoms with Crippen LogP contribution in [0.4, 0.5) is 0 Å². The summed E-state index contributed by atoms with van der Waals surface area (Å²) in [4.78, 5) is 11.7. The van der Waals surface area contributed by atoms with Crippen molar-refractivity contribution in [3.8, 4) is 0 Å². The van der Waals surface area contributed by atoms with Gasteiger partial charge in [-0.3, -0.25) is 0 Å². The minimum Gasteiger partial charge on any atom is -0.361 e. The molecule has 0 amide bonds. The second-order valence-electron chi connectivity index (χ2n) is 7.58. The molecule has 0 aromatic carbocycles. The van der Waals surface area contributed by atoms with Gasteiger partial charge in [-0.1, -0.05) is 46.0 Å². The average molecular weight is 364 g/mol. The van der Waals surface area contributed by atoms with Gasteiger partial charge in [-0.05, 0) is 67.2 Å². The number of aryl methyl sites for hydroxylation is 2. The van der Waals surface area contributed by atoms with Crippen molar-refractivity contribution in [3.63, 3.8) is 0 Å². The van der Waals surface area contributed by atoms with Crippen molar-refractivity contribution >= 4 is 11.8 Å². The van der Waals surface area contributed by atoms with Crippen molar-refractivity contribution in [2.45, 2.75) is 72.1 Å². The summed E-state index contributed by atoms with van der Waals surface area (Å²) in [7, 11) is 0. The van der Waals surface area contributed by atoms with Crippen LogP contribution in [0, 0.1) is 6.92 Å². The van der Waals surface area contributed by atoms with Gasteiger partial charge in [-0.15, -0.1) is 0 Å². The predicted octanol–water partition coefficient (Wildman–Crippen LogP) is 6.73. The fourth-order valence-electron chi connectivity index (χ4n) is 3.71. The minimum atomic E-state index is 0.990. The van der Waals surface area contributed by atoms with Crippen LogP contribution in [0.15, 0.2) is 46.9 Å². The van der Waals surface area contributed by atoms with Crippen LogP contribution in [0.3, 0.4) is 0 Å². The number of aliphatic imine (C=N–C) groups is 1. The first kappa shape index (κ1) is 19.5. The highest BCUT2D eigenvalue weighted by atomic mass is 14.8. The number of aromatic amines is 2. The van der Waals surface area contributed by atoms with E-state index in [9.17, 15) is 0 Å². The number of aromatic nitrogens is 2. The molecule has 0 spiro atoms. The molecule has 0 bridgehead atoms. The number of nitrogens with zero attached hydrogens (tertiary/aromatic N) is 1. The van der Waals surface area contributed by atoms with Gasteiger partial charge in [0.2, 0.25) is 0 Å². The van der Waals surface area contributed by atoms with E-state index in [1.807, 2.05) is 6.20 Å². The Labute approximate surface area is 163 Å². The molecule has 0 saturated heterocycles. The monoisotopic (exact) mass is 363 g/mol. The molecule has 3 heterocycles. The first-order valence-electron chi connectivity index (χ1n) is 10.5. The number of allylic oxidation sites excluding steroid dienone is 2. The lowest BCUT2D eigenvalue weighted by Gasteiger charge is -2.02. The van der Waals surface area contributed by atoms with Crippen LogP contribution in [0.5, 0.6) is 0 Å². The molecule has 27 heavy (non-hydrogen) atoms. The summed E-state index contributed by atoms with van der Waals surface area (Å²) in [6.07, 6.45) is 18.7. The van der Waals surface area contributed by atoms with Crippen LogP contribution in [-0.2, 0) is 6.42 Å². The summed E-state index contributed by atoms with van der Waals surface area (Å²) in [6.45, 7) is 6.57. The number of hydrogen-bond acceptors (Lipinski definition) is 1. The van der Waals surface area contributed by atoms with Crippen molar-refractivity contribution in [1.29, 1.82) is 0 Å². The number of rotatable bonds is 10. The third-order valence-corrected chi connectivity index (χ3v) is 5.29. The zero-order chi connectivity index (χ0) is 19.1. The van der Waals surface area contributed by atoms with E-state index >= 15 is 0 Å². The van der Waals surface area contributed by atoms with Gasteiger partial charge in [0, 0.05) is 18.1 Å². The molecule has 144 valence electrons. The van der Waals surface area contributed by atoms with Gasteiger partial charge in [0.05, 0.1) is 17.1 Å². The highest BCUT2D eigenvalue weighted by Crippen LogP contribution is 2.26. The first-order chi connectivity index (χ1) is 13.2. The van der Waals surface area contributed by atoms with Crippen LogP contribution >= 0.6 is 0 Å². The van der Waals surface area contributed by atoms with E-state index in [1.54, 1.807) is 0 Å². The predicted molar refractivity (Wildman–Crippen MR) is 116 cm³/mol. The molecule has 2 aromatic heterocycles. The standard InChI is InChI=1S/C24H33N3/c1-4-6-7-8-9-10-11-20-12-13-25-22(20)16-21-15-19(5-2)24(27-21)23-14-18(3)17-26-23/h12-17,25-26H,4-11H2,1-3H3/b21-16-. The Hall–Kier alpha value is -2.29. The second kappa shape index (κ2) is 9.59. The Morgan fingerprint density at radius 2 is 1.85 bits per heavy atom. The number of H-pyrrole nitrogens is 2. The van der Waals surface area contributed by atoms with Gasteiger partial charge in [0.25, 0.3) is 0 Å². The normalized spacial score (nSPS) is 15.4. The molecular weight excluding hydrogens is 330 g/mol. The molecule has 0 aliphatic carbocycles. The Kier molecular flexibility index (Phi) is 6.92. The topological polar surface area (TPSA) is 43.9 Å². The zero-order valence-electron chi connectivity index (χ0n) is 17.1. The van der Waals surface area contributed by atoms with Crippen LogP contribution in [-0.4, -0.2) is 15.7 Å². The summed E-state index contributed by atoms with van der Waals surface area (Å²) >= 11 is 0. The molecule has 3 nitrogen and oxygen atoms in total. The number of unbranched alkanes of at least 4 members (excludes halogenated alkanes) is 5. The van der Waals surface area contributed by atoms with Crippen LogP contribution in [0.1, 0.15) is 81.3 Å². The Morgan fingerprint density at radius 1 is 1.04 bits per heavy atom. The van der Waals surface area contributed by atoms with Crippen LogP contribution in [0.25, 0.3) is 6.08 Å². The van der Waals surface area contributed by atoms with Crippen molar-refractivity contribution in [1.82, 2.24) is 9.97 Å². The smallest absolute Gasteiger partial charge is 0.0904 e. The maximum Gasteiger partial charge on any atom is 0.0904 e. The summed E-state index contributed by atoms with van der Waals surface area (Å²) in [5.74, 6) is 0. The molecule has 1 aliphatic rings. The lowest BCUT2D eigenvalue weighted by Crippen LogP contribution is -2.01. The summed E-state index contributed by atoms with van der Waals surface area (Å²) in [5.41, 5.74) is 8.39. The molecule has 3 rings (SSSR count). The lowest BCUT2D eigenvalue weighted by atomic mass is 10.0. The van der Waals surface area contributed by atoms with E-state index in [2.05, 4.69) is 61.2 Å². The molecule has 0 saturated carbocycles. The number of nitrogens with one attached hydrogen (secondary N) is 2. The maximum absolute atomic E-state index is 4.90. The first-order valence-corrected chi connectivity index (χ1v) is 10.5. The quantitative estimate of drug-likeness (QED) is 0.439. The Bertz CT molecular complexity index is 829. The average Bonchev–Trinajstić information content (AvgIpc) is 3.38. The lowest BCUT2D eigenvalue weighted by molar-refractivity contribution is 0.607. The molecule has 1 aliphatic heterocycles. The molecule has 0 fully saturated rings. The molecule has 0 radical (unpaired) electrons. The largest absolute Gasteiger partial charge is 0.361 e. The molecule has 2 N–H and O–H groups in total. The van der Waals surface area contributed by atoms with Crippen molar-refractivity contribution in [3.05, 3.63) is 64.4 Å². The van der Waals surface area contributed by atoms with Gasteiger partial charge in [0.15, 0.2) is 0 Å². The van der Waals surface area contributed by atoms with Crippen molar-refractivity contribution < 1.29 is 0 Å². The van der Waals surface area contributed by atoms with E-state index in [-0.39, 0.29) is 0 Å². The molecular formula is C24H33N3. The SMILES string of the molecule is CCCCCCCCc1cc[nH]c1/C=C1/C=C(CC)C(c2cc(C)c[nH]2)=N1. The van der Waals surface area contributed by atoms with Crippen molar-refractivity contribution in [2.24, 2.45) is 4.99 Å². The molecule has 3 heteroatoms. The fourth-order valence-corrected chi connectivity index (χ4v) is 3.71. The summed E-state index contributed by atoms with van der Waals surface area (Å²) in [6, 6.07) is 4.39. The fraction of sp³-hybridized carbons (Fsp3) is 0.458. The summed E-state index contributed by atoms with van der Waals surface area (Å²) < 4.78 is 0. The zero-order valence-corrected chi connectivity index (χ0v) is 17.1. The van der Waals surface area contributed by atoms with Gasteiger partial charge < -0.3 is 9.97 Å². The highest BCUT2D eigenvalue weighted by molar-refractivity contribution is 6.14. The van der Waals surface area contributed by atoms with Gasteiger partial charge >= 0.3 is 0 Å². The van der Waals surface area contributed by atoms with Crippen LogP contribution < -0.4 is 0 Å². The third kappa shape index (κ3) is 5.12. The van der Waals surface area contributed by atoms with Crippen molar-refractivity contribution in [2.75, 3.05) is 0 Å². The second-order valence-corrected chi connectivity index (χ2v) is 7.58. The number of hydrogen-bond donors (Lipinski definition) is 2. The van der Waals surface area contributed by atoms with Gasteiger partial charge in [-0.2, -0.15) is 0 Å². The Balaban J connectivity index is 1.67. The van der Waals surface area contributed by atoms with Gasteiger partial charge in [0.1, 0.15) is 0 Å². The van der Waals surface area contributed by atoms with E-state index < -0.39 is 0 Å². The molecule has 2 aromatic rings. The molecule has 0 unspecified atom stereocenters. The van der Waals surface area contributed by atoms with E-state index in [4.69, 9.17) is 4.99 Å². The van der Waals surface area contributed by atoms with Crippen LogP contribution in [0.2, 0.25) is 0 Å². The van der Waals surface area contributed by atoms with E-state index in [1.165, 1.54) is 60.9 Å². The minimum absolute atomic E-state index is 0.990. The van der Waals surface area contributed by atoms with E-state index in [0.717, 1.165) is 29.9 Å². The Morgan fingerprint density at radius 3 is 2.59 bits per heavy atom. The van der Waals surface area contributed by atoms with Gasteiger partial charge in [-0.25, -0.2) is 4.99 Å². The maximum atomic E-state index is 4.90. The molecule has 0 atom stereocenters.